The van der Waals surface area contributed by atoms with Gasteiger partial charge in [0.05, 0.1) is 5.02 Å². The van der Waals surface area contributed by atoms with Gasteiger partial charge in [0.1, 0.15) is 13.2 Å². The second kappa shape index (κ2) is 8.65. The molecule has 1 aromatic carbocycles. The highest BCUT2D eigenvalue weighted by Crippen LogP contribution is 2.38. The smallest absolute Gasteiger partial charge is 0.225 e. The number of carbonyl (C=O) groups is 1. The van der Waals surface area contributed by atoms with Gasteiger partial charge in [-0.15, -0.1) is 0 Å². The van der Waals surface area contributed by atoms with Gasteiger partial charge in [0.25, 0.3) is 0 Å². The van der Waals surface area contributed by atoms with Crippen LogP contribution in [0.3, 0.4) is 0 Å². The lowest BCUT2D eigenvalue weighted by Gasteiger charge is -2.31. The van der Waals surface area contributed by atoms with Crippen LogP contribution in [0.15, 0.2) is 30.6 Å². The highest BCUT2D eigenvalue weighted by atomic mass is 35.5. The summed E-state index contributed by atoms with van der Waals surface area (Å²) < 4.78 is 11.1. The van der Waals surface area contributed by atoms with E-state index in [0.29, 0.717) is 42.7 Å². The number of halogens is 1. The standard InChI is InChI=1S/C20H23ClN4O3/c21-16-12-14(13-17-18(16)28-11-10-27-17)2-7-22-19(26)15-3-8-25(9-4-15)20-23-5-1-6-24-20/h1,5-6,12-13,15H,2-4,7-11H2,(H,22,26). The number of carbonyl (C=O) groups excluding carboxylic acids is 1. The van der Waals surface area contributed by atoms with Gasteiger partial charge >= 0.3 is 0 Å². The van der Waals surface area contributed by atoms with E-state index in [2.05, 4.69) is 20.2 Å². The number of nitrogens with zero attached hydrogens (tertiary/aromatic N) is 3. The van der Waals surface area contributed by atoms with Gasteiger partial charge < -0.3 is 19.7 Å². The molecule has 1 fully saturated rings. The van der Waals surface area contributed by atoms with E-state index in [9.17, 15) is 4.79 Å². The van der Waals surface area contributed by atoms with Crippen LogP contribution in [-0.4, -0.2) is 48.7 Å². The summed E-state index contributed by atoms with van der Waals surface area (Å²) in [7, 11) is 0. The molecule has 1 saturated heterocycles. The van der Waals surface area contributed by atoms with Gasteiger partial charge in [-0.3, -0.25) is 4.79 Å². The molecule has 0 saturated carbocycles. The van der Waals surface area contributed by atoms with Crippen LogP contribution in [0.1, 0.15) is 18.4 Å². The number of ether oxygens (including phenoxy) is 2. The van der Waals surface area contributed by atoms with E-state index in [1.54, 1.807) is 18.5 Å². The maximum atomic E-state index is 12.5. The van der Waals surface area contributed by atoms with Crippen molar-refractivity contribution in [2.45, 2.75) is 19.3 Å². The molecule has 1 aromatic heterocycles. The predicted octanol–water partition coefficient (Wildman–Crippen LogP) is 2.48. The molecule has 2 aromatic rings. The van der Waals surface area contributed by atoms with Gasteiger partial charge in [-0.2, -0.15) is 0 Å². The largest absolute Gasteiger partial charge is 0.486 e. The van der Waals surface area contributed by atoms with Crippen molar-refractivity contribution in [1.29, 1.82) is 0 Å². The first kappa shape index (κ1) is 18.8. The van der Waals surface area contributed by atoms with Gasteiger partial charge in [0.2, 0.25) is 11.9 Å². The van der Waals surface area contributed by atoms with Crippen molar-refractivity contribution in [2.24, 2.45) is 5.92 Å². The summed E-state index contributed by atoms with van der Waals surface area (Å²) in [6.45, 7) is 3.18. The molecule has 2 aliphatic heterocycles. The molecule has 3 heterocycles. The van der Waals surface area contributed by atoms with Crippen molar-refractivity contribution in [3.05, 3.63) is 41.2 Å². The molecular formula is C20H23ClN4O3. The number of aromatic nitrogens is 2. The highest BCUT2D eigenvalue weighted by Gasteiger charge is 2.26. The first-order valence-corrected chi connectivity index (χ1v) is 9.96. The number of anilines is 1. The van der Waals surface area contributed by atoms with Crippen molar-refractivity contribution in [2.75, 3.05) is 37.7 Å². The van der Waals surface area contributed by atoms with E-state index >= 15 is 0 Å². The lowest BCUT2D eigenvalue weighted by atomic mass is 9.96. The zero-order chi connectivity index (χ0) is 19.3. The zero-order valence-corrected chi connectivity index (χ0v) is 16.3. The molecule has 8 heteroatoms. The molecule has 0 bridgehead atoms. The Morgan fingerprint density at radius 2 is 1.93 bits per heavy atom. The van der Waals surface area contributed by atoms with Crippen molar-refractivity contribution in [1.82, 2.24) is 15.3 Å². The zero-order valence-electron chi connectivity index (χ0n) is 15.6. The summed E-state index contributed by atoms with van der Waals surface area (Å²) >= 11 is 6.27. The summed E-state index contributed by atoms with van der Waals surface area (Å²) in [5.74, 6) is 2.16. The van der Waals surface area contributed by atoms with E-state index in [4.69, 9.17) is 21.1 Å². The lowest BCUT2D eigenvalue weighted by molar-refractivity contribution is -0.125. The van der Waals surface area contributed by atoms with Gasteiger partial charge in [-0.05, 0) is 43.0 Å². The topological polar surface area (TPSA) is 76.6 Å². The van der Waals surface area contributed by atoms with Crippen LogP contribution < -0.4 is 19.7 Å². The molecule has 2 aliphatic rings. The fraction of sp³-hybridized carbons (Fsp3) is 0.450. The molecule has 0 atom stereocenters. The monoisotopic (exact) mass is 402 g/mol. The normalized spacial score (nSPS) is 16.7. The molecule has 7 nitrogen and oxygen atoms in total. The minimum Gasteiger partial charge on any atom is -0.486 e. The molecule has 0 aliphatic carbocycles. The SMILES string of the molecule is O=C(NCCc1cc(Cl)c2c(c1)OCCO2)C1CCN(c2ncccn2)CC1. The first-order valence-electron chi connectivity index (χ1n) is 9.58. The number of benzene rings is 1. The predicted molar refractivity (Wildman–Crippen MR) is 106 cm³/mol. The Morgan fingerprint density at radius 1 is 1.18 bits per heavy atom. The van der Waals surface area contributed by atoms with E-state index in [1.807, 2.05) is 12.1 Å². The third kappa shape index (κ3) is 4.30. The van der Waals surface area contributed by atoms with Crippen molar-refractivity contribution < 1.29 is 14.3 Å². The average Bonchev–Trinajstić information content (AvgIpc) is 2.74. The second-order valence-corrected chi connectivity index (χ2v) is 7.36. The van der Waals surface area contributed by atoms with Crippen molar-refractivity contribution in [3.8, 4) is 11.5 Å². The average molecular weight is 403 g/mol. The number of fused-ring (bicyclic) bond motifs is 1. The molecule has 0 spiro atoms. The molecule has 1 N–H and O–H groups in total. The van der Waals surface area contributed by atoms with Crippen molar-refractivity contribution in [3.63, 3.8) is 0 Å². The highest BCUT2D eigenvalue weighted by molar-refractivity contribution is 6.32. The fourth-order valence-corrected chi connectivity index (χ4v) is 3.87. The van der Waals surface area contributed by atoms with Crippen LogP contribution in [0, 0.1) is 5.92 Å². The molecule has 148 valence electrons. The van der Waals surface area contributed by atoms with E-state index in [0.717, 1.165) is 37.4 Å². The van der Waals surface area contributed by atoms with Gasteiger partial charge in [-0.25, -0.2) is 9.97 Å². The quantitative estimate of drug-likeness (QED) is 0.828. The number of hydrogen-bond donors (Lipinski definition) is 1. The summed E-state index contributed by atoms with van der Waals surface area (Å²) in [6, 6.07) is 5.61. The lowest BCUT2D eigenvalue weighted by Crippen LogP contribution is -2.41. The summed E-state index contributed by atoms with van der Waals surface area (Å²) in [5, 5.41) is 3.60. The van der Waals surface area contributed by atoms with Gasteiger partial charge in [-0.1, -0.05) is 11.6 Å². The minimum atomic E-state index is 0.0313. The number of rotatable bonds is 5. The van der Waals surface area contributed by atoms with Gasteiger partial charge in [0.15, 0.2) is 11.5 Å². The third-order valence-corrected chi connectivity index (χ3v) is 5.35. The second-order valence-electron chi connectivity index (χ2n) is 6.95. The van der Waals surface area contributed by atoms with Crippen LogP contribution in [0.4, 0.5) is 5.95 Å². The Morgan fingerprint density at radius 3 is 2.71 bits per heavy atom. The number of amides is 1. The van der Waals surface area contributed by atoms with Crippen LogP contribution in [0.25, 0.3) is 0 Å². The number of hydrogen-bond acceptors (Lipinski definition) is 6. The Labute approximate surface area is 169 Å². The molecule has 1 amide bonds. The maximum absolute atomic E-state index is 12.5. The molecule has 4 rings (SSSR count). The molecule has 0 radical (unpaired) electrons. The molecular weight excluding hydrogens is 380 g/mol. The summed E-state index contributed by atoms with van der Waals surface area (Å²) in [5.41, 5.74) is 1.02. The first-order chi connectivity index (χ1) is 13.7. The fourth-order valence-electron chi connectivity index (χ4n) is 3.58. The minimum absolute atomic E-state index is 0.0313. The van der Waals surface area contributed by atoms with Crippen molar-refractivity contribution >= 4 is 23.5 Å². The third-order valence-electron chi connectivity index (χ3n) is 5.07. The number of piperidine rings is 1. The van der Waals surface area contributed by atoms with Crippen LogP contribution >= 0.6 is 11.6 Å². The summed E-state index contributed by atoms with van der Waals surface area (Å²) in [6.07, 6.45) is 5.79. The van der Waals surface area contributed by atoms with Crippen LogP contribution in [0.5, 0.6) is 11.5 Å². The Hall–Kier alpha value is -2.54. The Balaban J connectivity index is 1.25. The van der Waals surface area contributed by atoms with Crippen LogP contribution in [-0.2, 0) is 11.2 Å². The number of nitrogens with one attached hydrogen (secondary N) is 1. The summed E-state index contributed by atoms with van der Waals surface area (Å²) in [4.78, 5) is 23.2. The van der Waals surface area contributed by atoms with Gasteiger partial charge in [0, 0.05) is 37.9 Å². The van der Waals surface area contributed by atoms with E-state index < -0.39 is 0 Å². The van der Waals surface area contributed by atoms with Crippen LogP contribution in [0.2, 0.25) is 5.02 Å². The maximum Gasteiger partial charge on any atom is 0.225 e. The van der Waals surface area contributed by atoms with E-state index in [-0.39, 0.29) is 11.8 Å². The Bertz CT molecular complexity index is 826. The van der Waals surface area contributed by atoms with E-state index in [1.165, 1.54) is 0 Å². The molecule has 28 heavy (non-hydrogen) atoms. The Kier molecular flexibility index (Phi) is 5.81. The molecule has 0 unspecified atom stereocenters.